The molecule has 0 aromatic rings. The molecule has 0 spiro atoms. The molecule has 60 valence electrons. The van der Waals surface area contributed by atoms with Gasteiger partial charge in [0.05, 0.1) is 6.61 Å². The summed E-state index contributed by atoms with van der Waals surface area (Å²) in [6.07, 6.45) is 2.82. The monoisotopic (exact) mass is 152 g/mol. The van der Waals surface area contributed by atoms with Crippen LogP contribution in [0.1, 0.15) is 26.2 Å². The quantitative estimate of drug-likeness (QED) is 0.527. The van der Waals surface area contributed by atoms with E-state index in [-0.39, 0.29) is 5.78 Å². The van der Waals surface area contributed by atoms with Crippen molar-refractivity contribution in [2.24, 2.45) is 5.92 Å². The highest BCUT2D eigenvalue weighted by atomic mass is 16.5. The van der Waals surface area contributed by atoms with Gasteiger partial charge >= 0.3 is 0 Å². The predicted octanol–water partition coefficient (Wildman–Crippen LogP) is 1.66. The summed E-state index contributed by atoms with van der Waals surface area (Å²) >= 11 is 0. The summed E-state index contributed by atoms with van der Waals surface area (Å²) in [6, 6.07) is 0. The highest BCUT2D eigenvalue weighted by molar-refractivity contribution is 5.97. The second-order valence-electron chi connectivity index (χ2n) is 3.33. The summed E-state index contributed by atoms with van der Waals surface area (Å²) in [5.41, 5.74) is 1.27. The van der Waals surface area contributed by atoms with E-state index in [1.807, 2.05) is 0 Å². The van der Waals surface area contributed by atoms with Crippen LogP contribution in [0.3, 0.4) is 0 Å². The zero-order valence-corrected chi connectivity index (χ0v) is 6.72. The zero-order valence-electron chi connectivity index (χ0n) is 6.72. The average molecular weight is 152 g/mol. The molecule has 11 heavy (non-hydrogen) atoms. The minimum atomic E-state index is 0.215. The molecule has 0 bridgehead atoms. The highest BCUT2D eigenvalue weighted by Gasteiger charge is 2.32. The summed E-state index contributed by atoms with van der Waals surface area (Å²) in [5, 5.41) is 0. The fourth-order valence-corrected chi connectivity index (χ4v) is 1.87. The predicted molar refractivity (Wildman–Crippen MR) is 41.0 cm³/mol. The standard InChI is InChI=1S/C9H12O2/c1-6-5-8(10)9-7(6)3-2-4-11-9/h6H,2-5H2,1H3/t6-/m1/s1. The topological polar surface area (TPSA) is 26.3 Å². The Morgan fingerprint density at radius 3 is 3.09 bits per heavy atom. The minimum absolute atomic E-state index is 0.215. The van der Waals surface area contributed by atoms with Crippen LogP contribution in [0.25, 0.3) is 0 Å². The Morgan fingerprint density at radius 1 is 1.55 bits per heavy atom. The van der Waals surface area contributed by atoms with E-state index in [1.54, 1.807) is 0 Å². The van der Waals surface area contributed by atoms with Crippen LogP contribution in [-0.2, 0) is 9.53 Å². The van der Waals surface area contributed by atoms with E-state index in [9.17, 15) is 4.79 Å². The van der Waals surface area contributed by atoms with Gasteiger partial charge in [-0.05, 0) is 24.3 Å². The fraction of sp³-hybridized carbons (Fsp3) is 0.667. The molecule has 2 nitrogen and oxygen atoms in total. The molecule has 0 N–H and O–H groups in total. The van der Waals surface area contributed by atoms with Crippen LogP contribution in [0.4, 0.5) is 0 Å². The van der Waals surface area contributed by atoms with Gasteiger partial charge < -0.3 is 4.74 Å². The molecule has 2 heteroatoms. The molecule has 0 saturated heterocycles. The van der Waals surface area contributed by atoms with Gasteiger partial charge in [-0.3, -0.25) is 4.79 Å². The van der Waals surface area contributed by atoms with Crippen LogP contribution >= 0.6 is 0 Å². The molecule has 0 aromatic carbocycles. The molecule has 0 unspecified atom stereocenters. The normalized spacial score (nSPS) is 30.3. The smallest absolute Gasteiger partial charge is 0.197 e. The Morgan fingerprint density at radius 2 is 2.36 bits per heavy atom. The maximum atomic E-state index is 11.2. The number of ether oxygens (including phenoxy) is 1. The van der Waals surface area contributed by atoms with Crippen molar-refractivity contribution in [3.8, 4) is 0 Å². The van der Waals surface area contributed by atoms with Crippen LogP contribution in [0.5, 0.6) is 0 Å². The molecule has 1 heterocycles. The average Bonchev–Trinajstić information content (AvgIpc) is 2.30. The van der Waals surface area contributed by atoms with Gasteiger partial charge in [0.15, 0.2) is 11.5 Å². The van der Waals surface area contributed by atoms with E-state index >= 15 is 0 Å². The molecule has 0 aromatic heterocycles. The van der Waals surface area contributed by atoms with Crippen LogP contribution in [0.2, 0.25) is 0 Å². The van der Waals surface area contributed by atoms with Crippen molar-refractivity contribution in [3.63, 3.8) is 0 Å². The maximum absolute atomic E-state index is 11.2. The molecule has 1 aliphatic carbocycles. The number of hydrogen-bond donors (Lipinski definition) is 0. The SMILES string of the molecule is C[C@@H]1CC(=O)C2=C1CCCO2. The van der Waals surface area contributed by atoms with Gasteiger partial charge in [0.2, 0.25) is 0 Å². The fourth-order valence-electron chi connectivity index (χ4n) is 1.87. The number of carbonyl (C=O) groups is 1. The summed E-state index contributed by atoms with van der Waals surface area (Å²) < 4.78 is 5.31. The van der Waals surface area contributed by atoms with Crippen molar-refractivity contribution >= 4 is 5.78 Å². The summed E-state index contributed by atoms with van der Waals surface area (Å²) in [6.45, 7) is 2.84. The van der Waals surface area contributed by atoms with E-state index in [4.69, 9.17) is 4.74 Å². The molecule has 1 aliphatic heterocycles. The lowest BCUT2D eigenvalue weighted by molar-refractivity contribution is -0.118. The van der Waals surface area contributed by atoms with Crippen molar-refractivity contribution in [2.75, 3.05) is 6.61 Å². The van der Waals surface area contributed by atoms with Gasteiger partial charge in [0.1, 0.15) is 0 Å². The summed E-state index contributed by atoms with van der Waals surface area (Å²) in [5.74, 6) is 1.36. The first-order chi connectivity index (χ1) is 5.29. The van der Waals surface area contributed by atoms with Gasteiger partial charge in [-0.2, -0.15) is 0 Å². The van der Waals surface area contributed by atoms with E-state index in [1.165, 1.54) is 5.57 Å². The third-order valence-corrected chi connectivity index (χ3v) is 2.47. The second kappa shape index (κ2) is 2.36. The molecule has 1 atom stereocenters. The number of ketones is 1. The third-order valence-electron chi connectivity index (χ3n) is 2.47. The first-order valence-electron chi connectivity index (χ1n) is 4.18. The highest BCUT2D eigenvalue weighted by Crippen LogP contribution is 2.35. The van der Waals surface area contributed by atoms with Crippen molar-refractivity contribution in [3.05, 3.63) is 11.3 Å². The Hall–Kier alpha value is -0.790. The molecule has 0 radical (unpaired) electrons. The zero-order chi connectivity index (χ0) is 7.84. The van der Waals surface area contributed by atoms with E-state index < -0.39 is 0 Å². The van der Waals surface area contributed by atoms with Crippen molar-refractivity contribution in [2.45, 2.75) is 26.2 Å². The lowest BCUT2D eigenvalue weighted by atomic mass is 9.99. The Balaban J connectivity index is 2.32. The summed E-state index contributed by atoms with van der Waals surface area (Å²) in [7, 11) is 0. The Bertz CT molecular complexity index is 228. The Labute approximate surface area is 66.2 Å². The number of hydrogen-bond acceptors (Lipinski definition) is 2. The van der Waals surface area contributed by atoms with E-state index in [0.717, 1.165) is 19.4 Å². The molecule has 2 rings (SSSR count). The largest absolute Gasteiger partial charge is 0.490 e. The van der Waals surface area contributed by atoms with Crippen molar-refractivity contribution in [1.29, 1.82) is 0 Å². The van der Waals surface area contributed by atoms with Crippen LogP contribution in [0.15, 0.2) is 11.3 Å². The molecule has 0 amide bonds. The maximum Gasteiger partial charge on any atom is 0.197 e. The van der Waals surface area contributed by atoms with Gasteiger partial charge in [0.25, 0.3) is 0 Å². The minimum Gasteiger partial charge on any atom is -0.490 e. The van der Waals surface area contributed by atoms with Crippen molar-refractivity contribution < 1.29 is 9.53 Å². The van der Waals surface area contributed by atoms with Gasteiger partial charge in [-0.25, -0.2) is 0 Å². The lowest BCUT2D eigenvalue weighted by Crippen LogP contribution is -2.08. The first kappa shape index (κ1) is 6.89. The molecular formula is C9H12O2. The number of carbonyl (C=O) groups excluding carboxylic acids is 1. The van der Waals surface area contributed by atoms with Crippen LogP contribution in [0, 0.1) is 5.92 Å². The number of Topliss-reactive ketones (excluding diaryl/α,β-unsaturated/α-hetero) is 1. The van der Waals surface area contributed by atoms with E-state index in [0.29, 0.717) is 18.1 Å². The van der Waals surface area contributed by atoms with Gasteiger partial charge in [-0.1, -0.05) is 6.92 Å². The molecule has 0 fully saturated rings. The van der Waals surface area contributed by atoms with E-state index in [2.05, 4.69) is 6.92 Å². The second-order valence-corrected chi connectivity index (χ2v) is 3.33. The first-order valence-corrected chi connectivity index (χ1v) is 4.18. The van der Waals surface area contributed by atoms with Gasteiger partial charge in [-0.15, -0.1) is 0 Å². The molecular weight excluding hydrogens is 140 g/mol. The number of allylic oxidation sites excluding steroid dienone is 2. The van der Waals surface area contributed by atoms with Crippen molar-refractivity contribution in [1.82, 2.24) is 0 Å². The van der Waals surface area contributed by atoms with Gasteiger partial charge in [0, 0.05) is 6.42 Å². The van der Waals surface area contributed by atoms with Crippen LogP contribution in [-0.4, -0.2) is 12.4 Å². The summed E-state index contributed by atoms with van der Waals surface area (Å²) in [4.78, 5) is 11.2. The van der Waals surface area contributed by atoms with Crippen LogP contribution < -0.4 is 0 Å². The Kier molecular flexibility index (Phi) is 1.48. The lowest BCUT2D eigenvalue weighted by Gasteiger charge is -2.16. The number of rotatable bonds is 0. The molecule has 0 saturated carbocycles. The third kappa shape index (κ3) is 0.971. The molecule has 2 aliphatic rings.